The van der Waals surface area contributed by atoms with Gasteiger partial charge in [-0.15, -0.1) is 0 Å². The zero-order valence-electron chi connectivity index (χ0n) is 14.9. The average Bonchev–Trinajstić information content (AvgIpc) is 2.68. The first-order valence-electron chi connectivity index (χ1n) is 8.12. The lowest BCUT2D eigenvalue weighted by molar-refractivity contribution is -0.131. The highest BCUT2D eigenvalue weighted by molar-refractivity contribution is 6.45. The minimum absolute atomic E-state index is 0.260. The number of ketones is 1. The average molecular weight is 369 g/mol. The van der Waals surface area contributed by atoms with Gasteiger partial charge in [-0.05, 0) is 55.5 Å². The number of amides is 1. The van der Waals surface area contributed by atoms with Crippen LogP contribution in [0.15, 0.2) is 54.6 Å². The Hall–Kier alpha value is -3.61. The predicted molar refractivity (Wildman–Crippen MR) is 99.6 cm³/mol. The molecule has 0 atom stereocenters. The molecule has 0 saturated carbocycles. The monoisotopic (exact) mass is 369 g/mol. The zero-order valence-corrected chi connectivity index (χ0v) is 14.9. The zero-order chi connectivity index (χ0) is 19.8. The van der Waals surface area contributed by atoms with Gasteiger partial charge >= 0.3 is 5.97 Å². The second-order valence-electron chi connectivity index (χ2n) is 5.37. The third kappa shape index (κ3) is 5.43. The molecule has 0 aliphatic rings. The number of hydrogen-bond acceptors (Lipinski definition) is 6. The normalized spacial score (nSPS) is 10.8. The largest absolute Gasteiger partial charge is 0.507 e. The van der Waals surface area contributed by atoms with Gasteiger partial charge < -0.3 is 19.9 Å². The number of benzene rings is 2. The highest BCUT2D eigenvalue weighted by Gasteiger charge is 2.14. The van der Waals surface area contributed by atoms with Crippen molar-refractivity contribution in [1.29, 1.82) is 0 Å². The summed E-state index contributed by atoms with van der Waals surface area (Å²) >= 11 is 0. The molecule has 0 unspecified atom stereocenters. The van der Waals surface area contributed by atoms with Crippen molar-refractivity contribution in [3.63, 3.8) is 0 Å². The number of hydrogen-bond donors (Lipinski definition) is 2. The standard InChI is InChI=1S/C20H19NO6/c1-3-27-20(25)14-4-8-15(9-5-14)21-19(24)18(23)12-17(22)13-6-10-16(26-2)11-7-13/h4-12,22H,3H2,1-2H3,(H,21,24). The van der Waals surface area contributed by atoms with Crippen molar-refractivity contribution in [2.24, 2.45) is 0 Å². The molecular formula is C20H19NO6. The van der Waals surface area contributed by atoms with Gasteiger partial charge in [0.25, 0.3) is 5.91 Å². The molecule has 0 aliphatic heterocycles. The minimum atomic E-state index is -0.919. The third-order valence-electron chi connectivity index (χ3n) is 3.53. The Labute approximate surface area is 156 Å². The lowest BCUT2D eigenvalue weighted by Crippen LogP contribution is -2.21. The van der Waals surface area contributed by atoms with Crippen molar-refractivity contribution < 1.29 is 29.0 Å². The van der Waals surface area contributed by atoms with Gasteiger partial charge in [-0.1, -0.05) is 0 Å². The number of aliphatic hydroxyl groups is 1. The highest BCUT2D eigenvalue weighted by atomic mass is 16.5. The van der Waals surface area contributed by atoms with Gasteiger partial charge in [-0.2, -0.15) is 0 Å². The van der Waals surface area contributed by atoms with Crippen LogP contribution >= 0.6 is 0 Å². The van der Waals surface area contributed by atoms with Gasteiger partial charge in [0.05, 0.1) is 19.3 Å². The van der Waals surface area contributed by atoms with Crippen LogP contribution in [-0.2, 0) is 14.3 Å². The Morgan fingerprint density at radius 2 is 1.59 bits per heavy atom. The van der Waals surface area contributed by atoms with Crippen molar-refractivity contribution in [2.75, 3.05) is 19.0 Å². The molecule has 27 heavy (non-hydrogen) atoms. The maximum atomic E-state index is 12.0. The van der Waals surface area contributed by atoms with Crippen LogP contribution in [0.5, 0.6) is 5.75 Å². The first-order chi connectivity index (χ1) is 12.9. The summed E-state index contributed by atoms with van der Waals surface area (Å²) in [5.41, 5.74) is 1.03. The van der Waals surface area contributed by atoms with E-state index in [4.69, 9.17) is 9.47 Å². The van der Waals surface area contributed by atoms with E-state index in [9.17, 15) is 19.5 Å². The van der Waals surface area contributed by atoms with E-state index >= 15 is 0 Å². The highest BCUT2D eigenvalue weighted by Crippen LogP contribution is 2.17. The van der Waals surface area contributed by atoms with Crippen molar-refractivity contribution in [3.8, 4) is 5.75 Å². The smallest absolute Gasteiger partial charge is 0.338 e. The number of ether oxygens (including phenoxy) is 2. The second-order valence-corrected chi connectivity index (χ2v) is 5.37. The van der Waals surface area contributed by atoms with Crippen LogP contribution < -0.4 is 10.1 Å². The van der Waals surface area contributed by atoms with E-state index in [0.29, 0.717) is 22.6 Å². The maximum absolute atomic E-state index is 12.0. The van der Waals surface area contributed by atoms with E-state index in [1.807, 2.05) is 0 Å². The maximum Gasteiger partial charge on any atom is 0.338 e. The first kappa shape index (κ1) is 19.7. The molecule has 7 heteroatoms. The molecule has 0 aliphatic carbocycles. The number of rotatable bonds is 7. The molecule has 0 heterocycles. The van der Waals surface area contributed by atoms with Crippen LogP contribution in [0, 0.1) is 0 Å². The van der Waals surface area contributed by atoms with Gasteiger partial charge in [-0.3, -0.25) is 9.59 Å². The molecule has 2 rings (SSSR count). The lowest BCUT2D eigenvalue weighted by Gasteiger charge is -2.06. The Balaban J connectivity index is 2.02. The predicted octanol–water partition coefficient (Wildman–Crippen LogP) is 2.98. The van der Waals surface area contributed by atoms with Gasteiger partial charge in [0.1, 0.15) is 11.5 Å². The molecule has 0 radical (unpaired) electrons. The molecule has 0 fully saturated rings. The molecule has 0 spiro atoms. The topological polar surface area (TPSA) is 102 Å². The van der Waals surface area contributed by atoms with Gasteiger partial charge in [-0.25, -0.2) is 4.79 Å². The van der Waals surface area contributed by atoms with E-state index in [1.54, 1.807) is 31.2 Å². The van der Waals surface area contributed by atoms with Gasteiger partial charge in [0.15, 0.2) is 0 Å². The Bertz CT molecular complexity index is 853. The number of methoxy groups -OCH3 is 1. The first-order valence-corrected chi connectivity index (χ1v) is 8.12. The summed E-state index contributed by atoms with van der Waals surface area (Å²) in [4.78, 5) is 35.5. The second kappa shape index (κ2) is 9.19. The summed E-state index contributed by atoms with van der Waals surface area (Å²) < 4.78 is 9.87. The van der Waals surface area contributed by atoms with Gasteiger partial charge in [0.2, 0.25) is 5.78 Å². The fourth-order valence-electron chi connectivity index (χ4n) is 2.13. The molecule has 2 aromatic rings. The van der Waals surface area contributed by atoms with Gasteiger partial charge in [0, 0.05) is 17.3 Å². The van der Waals surface area contributed by atoms with Crippen LogP contribution in [0.25, 0.3) is 5.76 Å². The molecule has 0 saturated heterocycles. The van der Waals surface area contributed by atoms with E-state index in [2.05, 4.69) is 5.32 Å². The SMILES string of the molecule is CCOC(=O)c1ccc(NC(=O)C(=O)C=C(O)c2ccc(OC)cc2)cc1. The van der Waals surface area contributed by atoms with Crippen molar-refractivity contribution in [2.45, 2.75) is 6.92 Å². The number of aliphatic hydroxyl groups excluding tert-OH is 1. The molecule has 0 bridgehead atoms. The van der Waals surface area contributed by atoms with E-state index in [1.165, 1.54) is 31.4 Å². The fourth-order valence-corrected chi connectivity index (χ4v) is 2.13. The molecule has 2 N–H and O–H groups in total. The molecule has 1 amide bonds. The third-order valence-corrected chi connectivity index (χ3v) is 3.53. The number of carbonyl (C=O) groups is 3. The quantitative estimate of drug-likeness (QED) is 0.337. The minimum Gasteiger partial charge on any atom is -0.507 e. The van der Waals surface area contributed by atoms with Crippen LogP contribution in [0.4, 0.5) is 5.69 Å². The molecule has 140 valence electrons. The van der Waals surface area contributed by atoms with Crippen molar-refractivity contribution >= 4 is 29.1 Å². The van der Waals surface area contributed by atoms with Crippen molar-refractivity contribution in [3.05, 3.63) is 65.7 Å². The van der Waals surface area contributed by atoms with Crippen LogP contribution in [0.1, 0.15) is 22.8 Å². The Kier molecular flexibility index (Phi) is 6.71. The Morgan fingerprint density at radius 1 is 1.00 bits per heavy atom. The molecule has 2 aromatic carbocycles. The molecule has 7 nitrogen and oxygen atoms in total. The molecular weight excluding hydrogens is 350 g/mol. The summed E-state index contributed by atoms with van der Waals surface area (Å²) in [7, 11) is 1.51. The van der Waals surface area contributed by atoms with Crippen LogP contribution in [0.2, 0.25) is 0 Å². The number of esters is 1. The summed E-state index contributed by atoms with van der Waals surface area (Å²) in [5.74, 6) is -2.05. The number of carbonyl (C=O) groups excluding carboxylic acids is 3. The van der Waals surface area contributed by atoms with E-state index < -0.39 is 17.7 Å². The van der Waals surface area contributed by atoms with Crippen LogP contribution in [0.3, 0.4) is 0 Å². The lowest BCUT2D eigenvalue weighted by atomic mass is 10.1. The van der Waals surface area contributed by atoms with Crippen molar-refractivity contribution in [1.82, 2.24) is 0 Å². The Morgan fingerprint density at radius 3 is 2.15 bits per heavy atom. The summed E-state index contributed by atoms with van der Waals surface area (Å²) in [6, 6.07) is 12.3. The number of anilines is 1. The summed E-state index contributed by atoms with van der Waals surface area (Å²) in [6.45, 7) is 1.96. The van der Waals surface area contributed by atoms with E-state index in [-0.39, 0.29) is 12.4 Å². The summed E-state index contributed by atoms with van der Waals surface area (Å²) in [6.07, 6.45) is 0.837. The molecule has 0 aromatic heterocycles. The van der Waals surface area contributed by atoms with E-state index in [0.717, 1.165) is 6.08 Å². The fraction of sp³-hybridized carbons (Fsp3) is 0.150. The number of nitrogens with one attached hydrogen (secondary N) is 1. The summed E-state index contributed by atoms with van der Waals surface area (Å²) in [5, 5.41) is 12.4. The van der Waals surface area contributed by atoms with Crippen LogP contribution in [-0.4, -0.2) is 36.5 Å².